The van der Waals surface area contributed by atoms with E-state index >= 15 is 0 Å². The number of rotatable bonds is 15. The molecule has 0 fully saturated rings. The van der Waals surface area contributed by atoms with Crippen LogP contribution in [0.15, 0.2) is 35.5 Å². The molecular weight excluding hydrogens is 482 g/mol. The summed E-state index contributed by atoms with van der Waals surface area (Å²) in [5, 5.41) is 0.804. The van der Waals surface area contributed by atoms with Crippen molar-refractivity contribution in [1.29, 1.82) is 0 Å². The number of thioether (sulfide) groups is 1. The number of imide groups is 1. The van der Waals surface area contributed by atoms with E-state index in [2.05, 4.69) is 9.97 Å². The number of esters is 1. The van der Waals surface area contributed by atoms with Crippen LogP contribution in [-0.2, 0) is 19.1 Å². The molecule has 2 heterocycles. The molecule has 1 aromatic heterocycles. The summed E-state index contributed by atoms with van der Waals surface area (Å²) in [5.41, 5.74) is 2.68. The number of nitrogens with zero attached hydrogens (tertiary/aromatic N) is 3. The quantitative estimate of drug-likeness (QED) is 0.0880. The molecule has 1 aromatic carbocycles. The van der Waals surface area contributed by atoms with E-state index in [9.17, 15) is 19.2 Å². The van der Waals surface area contributed by atoms with E-state index in [1.165, 1.54) is 0 Å². The Kier molecular flexibility index (Phi) is 10.6. The first kappa shape index (κ1) is 27.5. The predicted molar refractivity (Wildman–Crippen MR) is 134 cm³/mol. The lowest BCUT2D eigenvalue weighted by Gasteiger charge is -2.13. The minimum atomic E-state index is -0.577. The normalized spacial score (nSPS) is 12.7. The Balaban J connectivity index is 1.18. The number of unbranched alkanes of at least 4 members (excludes halogenated alkanes) is 3. The van der Waals surface area contributed by atoms with Gasteiger partial charge in [0.25, 0.3) is 11.8 Å². The van der Waals surface area contributed by atoms with Crippen LogP contribution in [0.4, 0.5) is 0 Å². The van der Waals surface area contributed by atoms with Gasteiger partial charge >= 0.3 is 5.97 Å². The van der Waals surface area contributed by atoms with Gasteiger partial charge in [-0.1, -0.05) is 36.7 Å². The van der Waals surface area contributed by atoms with Crippen molar-refractivity contribution in [3.63, 3.8) is 0 Å². The molecular formula is C26H31N3O6S. The standard InChI is InChI=1S/C26H31N3O6S/c1-18-15-19(2)28-26(27-18)36-14-8-4-3-7-12-35-23(31)16-20(30)17-34-13-11-29-24(32)21-9-5-6-10-22(21)25(29)33/h5-6,9-10,15H,3-4,7-8,11-14,16-17H2,1-2H3. The molecule has 192 valence electrons. The Labute approximate surface area is 215 Å². The summed E-state index contributed by atoms with van der Waals surface area (Å²) in [4.78, 5) is 58.2. The lowest BCUT2D eigenvalue weighted by molar-refractivity contribution is -0.147. The van der Waals surface area contributed by atoms with Crippen molar-refractivity contribution in [1.82, 2.24) is 14.9 Å². The fourth-order valence-corrected chi connectivity index (χ4v) is 4.66. The summed E-state index contributed by atoms with van der Waals surface area (Å²) < 4.78 is 10.4. The second-order valence-electron chi connectivity index (χ2n) is 8.49. The number of amides is 2. The van der Waals surface area contributed by atoms with E-state index < -0.39 is 11.8 Å². The highest BCUT2D eigenvalue weighted by molar-refractivity contribution is 7.99. The van der Waals surface area contributed by atoms with E-state index in [1.54, 1.807) is 36.0 Å². The zero-order valence-corrected chi connectivity index (χ0v) is 21.5. The molecule has 0 aliphatic carbocycles. The molecule has 0 saturated heterocycles. The monoisotopic (exact) mass is 513 g/mol. The lowest BCUT2D eigenvalue weighted by Crippen LogP contribution is -2.33. The average Bonchev–Trinajstić information content (AvgIpc) is 3.07. The van der Waals surface area contributed by atoms with Gasteiger partial charge in [0.1, 0.15) is 13.0 Å². The SMILES string of the molecule is Cc1cc(C)nc(SCCCCCCOC(=O)CC(=O)COCCN2C(=O)c3ccccc3C2=O)n1. The third-order valence-corrected chi connectivity index (χ3v) is 6.37. The number of Topliss-reactive ketones (excluding diaryl/α,β-unsaturated/α-hetero) is 1. The number of aromatic nitrogens is 2. The van der Waals surface area contributed by atoms with Crippen LogP contribution in [0.5, 0.6) is 0 Å². The number of fused-ring (bicyclic) bond motifs is 1. The largest absolute Gasteiger partial charge is 0.465 e. The topological polar surface area (TPSA) is 116 Å². The second kappa shape index (κ2) is 13.8. The van der Waals surface area contributed by atoms with Gasteiger partial charge in [-0.05, 0) is 44.9 Å². The van der Waals surface area contributed by atoms with Crippen molar-refractivity contribution in [2.75, 3.05) is 32.1 Å². The van der Waals surface area contributed by atoms with Crippen LogP contribution in [0.1, 0.15) is 64.2 Å². The Morgan fingerprint density at radius 1 is 0.917 bits per heavy atom. The van der Waals surface area contributed by atoms with Gasteiger partial charge in [0, 0.05) is 17.1 Å². The molecule has 0 spiro atoms. The van der Waals surface area contributed by atoms with Crippen LogP contribution in [0.2, 0.25) is 0 Å². The highest BCUT2D eigenvalue weighted by Crippen LogP contribution is 2.22. The first-order valence-corrected chi connectivity index (χ1v) is 13.0. The minimum Gasteiger partial charge on any atom is -0.465 e. The third-order valence-electron chi connectivity index (χ3n) is 5.44. The molecule has 36 heavy (non-hydrogen) atoms. The smallest absolute Gasteiger partial charge is 0.313 e. The van der Waals surface area contributed by atoms with Crippen molar-refractivity contribution < 1.29 is 28.7 Å². The molecule has 2 aromatic rings. The molecule has 1 aliphatic rings. The van der Waals surface area contributed by atoms with Crippen molar-refractivity contribution in [2.24, 2.45) is 0 Å². The summed E-state index contributed by atoms with van der Waals surface area (Å²) in [7, 11) is 0. The molecule has 2 amide bonds. The van der Waals surface area contributed by atoms with E-state index in [1.807, 2.05) is 19.9 Å². The first-order chi connectivity index (χ1) is 17.3. The van der Waals surface area contributed by atoms with Crippen LogP contribution in [0.25, 0.3) is 0 Å². The second-order valence-corrected chi connectivity index (χ2v) is 9.55. The van der Waals surface area contributed by atoms with Crippen molar-refractivity contribution >= 4 is 35.3 Å². The molecule has 1 aliphatic heterocycles. The Morgan fingerprint density at radius 3 is 2.22 bits per heavy atom. The molecule has 0 radical (unpaired) electrons. The van der Waals surface area contributed by atoms with Gasteiger partial charge in [-0.15, -0.1) is 0 Å². The van der Waals surface area contributed by atoms with Gasteiger partial charge in [-0.3, -0.25) is 24.1 Å². The average molecular weight is 514 g/mol. The first-order valence-electron chi connectivity index (χ1n) is 12.0. The van der Waals surface area contributed by atoms with Crippen LogP contribution >= 0.6 is 11.8 Å². The van der Waals surface area contributed by atoms with Crippen LogP contribution in [0.3, 0.4) is 0 Å². The zero-order chi connectivity index (χ0) is 25.9. The number of hydrogen-bond donors (Lipinski definition) is 0. The van der Waals surface area contributed by atoms with E-state index in [-0.39, 0.29) is 44.6 Å². The number of ketones is 1. The molecule has 0 N–H and O–H groups in total. The highest BCUT2D eigenvalue weighted by atomic mass is 32.2. The predicted octanol–water partition coefficient (Wildman–Crippen LogP) is 3.56. The maximum absolute atomic E-state index is 12.3. The number of aryl methyl sites for hydroxylation is 2. The van der Waals surface area contributed by atoms with Gasteiger partial charge in [0.05, 0.1) is 30.9 Å². The summed E-state index contributed by atoms with van der Waals surface area (Å²) in [5.74, 6) is -0.796. The molecule has 9 nitrogen and oxygen atoms in total. The van der Waals surface area contributed by atoms with E-state index in [4.69, 9.17) is 9.47 Å². The van der Waals surface area contributed by atoms with Gasteiger partial charge in [-0.25, -0.2) is 9.97 Å². The zero-order valence-electron chi connectivity index (χ0n) is 20.7. The van der Waals surface area contributed by atoms with Gasteiger partial charge in [0.15, 0.2) is 10.9 Å². The minimum absolute atomic E-state index is 0.0140. The van der Waals surface area contributed by atoms with Crippen molar-refractivity contribution in [3.8, 4) is 0 Å². The summed E-state index contributed by atoms with van der Waals surface area (Å²) >= 11 is 1.64. The lowest BCUT2D eigenvalue weighted by atomic mass is 10.1. The molecule has 0 atom stereocenters. The fraction of sp³-hybridized carbons (Fsp3) is 0.462. The number of benzene rings is 1. The fourth-order valence-electron chi connectivity index (χ4n) is 3.71. The Bertz CT molecular complexity index is 1050. The molecule has 0 saturated carbocycles. The molecule has 0 bridgehead atoms. The van der Waals surface area contributed by atoms with Gasteiger partial charge < -0.3 is 9.47 Å². The third kappa shape index (κ3) is 8.23. The Morgan fingerprint density at radius 2 is 1.56 bits per heavy atom. The number of ether oxygens (including phenoxy) is 2. The summed E-state index contributed by atoms with van der Waals surface area (Å²) in [6, 6.07) is 8.56. The van der Waals surface area contributed by atoms with Crippen LogP contribution < -0.4 is 0 Å². The maximum Gasteiger partial charge on any atom is 0.313 e. The Hall–Kier alpha value is -3.11. The van der Waals surface area contributed by atoms with Crippen LogP contribution in [-0.4, -0.2) is 70.6 Å². The van der Waals surface area contributed by atoms with E-state index in [0.29, 0.717) is 11.1 Å². The summed E-state index contributed by atoms with van der Waals surface area (Å²) in [6.45, 7) is 3.98. The molecule has 0 unspecified atom stereocenters. The number of hydrogen-bond acceptors (Lipinski definition) is 9. The van der Waals surface area contributed by atoms with Crippen LogP contribution in [0, 0.1) is 13.8 Å². The molecule has 3 rings (SSSR count). The highest BCUT2D eigenvalue weighted by Gasteiger charge is 2.34. The van der Waals surface area contributed by atoms with Crippen molar-refractivity contribution in [3.05, 3.63) is 52.8 Å². The number of carbonyl (C=O) groups excluding carboxylic acids is 4. The van der Waals surface area contributed by atoms with Crippen molar-refractivity contribution in [2.45, 2.75) is 51.1 Å². The number of carbonyl (C=O) groups is 4. The van der Waals surface area contributed by atoms with Gasteiger partial charge in [-0.2, -0.15) is 0 Å². The van der Waals surface area contributed by atoms with E-state index in [0.717, 1.165) is 52.9 Å². The summed E-state index contributed by atoms with van der Waals surface area (Å²) in [6.07, 6.45) is 3.33. The maximum atomic E-state index is 12.3. The van der Waals surface area contributed by atoms with Gasteiger partial charge in [0.2, 0.25) is 0 Å². The molecule has 10 heteroatoms.